The number of aliphatic hydroxyl groups is 1. The number of aliphatic hydroxyl groups excluding tert-OH is 1. The number of likely N-dealkylation sites (N-methyl/N-ethyl adjacent to an activating group) is 1. The van der Waals surface area contributed by atoms with E-state index in [9.17, 15) is 5.11 Å². The van der Waals surface area contributed by atoms with Crippen LogP contribution in [-0.2, 0) is 0 Å². The van der Waals surface area contributed by atoms with Gasteiger partial charge in [-0.05, 0) is 7.05 Å². The molecule has 0 saturated carbocycles. The minimum atomic E-state index is -0.192. The maximum absolute atomic E-state index is 9.50. The van der Waals surface area contributed by atoms with Crippen LogP contribution in [0, 0.1) is 0 Å². The van der Waals surface area contributed by atoms with Crippen LogP contribution in [0.2, 0.25) is 0 Å². The Balaban J connectivity index is 2.34. The molecule has 1 aliphatic heterocycles. The van der Waals surface area contributed by atoms with Crippen LogP contribution in [0.4, 0.5) is 0 Å². The van der Waals surface area contributed by atoms with Crippen LogP contribution in [-0.4, -0.2) is 48.3 Å². The molecule has 1 fully saturated rings. The van der Waals surface area contributed by atoms with Crippen LogP contribution in [0.25, 0.3) is 0 Å². The van der Waals surface area contributed by atoms with Crippen molar-refractivity contribution in [3.8, 4) is 0 Å². The second-order valence-electron chi connectivity index (χ2n) is 3.72. The van der Waals surface area contributed by atoms with E-state index >= 15 is 0 Å². The van der Waals surface area contributed by atoms with E-state index in [0.29, 0.717) is 6.04 Å². The summed E-state index contributed by atoms with van der Waals surface area (Å²) in [6, 6.07) is 0.723. The van der Waals surface area contributed by atoms with Crippen molar-refractivity contribution >= 4 is 0 Å². The van der Waals surface area contributed by atoms with Crippen LogP contribution in [0.5, 0.6) is 0 Å². The predicted molar refractivity (Wildman–Crippen MR) is 45.6 cm³/mol. The lowest BCUT2D eigenvalue weighted by Gasteiger charge is -2.18. The zero-order valence-corrected chi connectivity index (χ0v) is 7.54. The summed E-state index contributed by atoms with van der Waals surface area (Å²) in [5.74, 6) is 0. The molecular weight excluding hydrogens is 140 g/mol. The van der Waals surface area contributed by atoms with Crippen LogP contribution >= 0.6 is 0 Å². The summed E-state index contributed by atoms with van der Waals surface area (Å²) >= 11 is 0. The van der Waals surface area contributed by atoms with Crippen molar-refractivity contribution in [1.82, 2.24) is 10.2 Å². The molecule has 0 aromatic rings. The lowest BCUT2D eigenvalue weighted by atomic mass is 10.2. The van der Waals surface area contributed by atoms with Gasteiger partial charge in [0.05, 0.1) is 6.10 Å². The standard InChI is InChI=1S/C8H18N2O/c1-6(2)9-7-4-10(3)5-8(7)11/h6-9,11H,4-5H2,1-3H3. The molecule has 0 aliphatic carbocycles. The van der Waals surface area contributed by atoms with Gasteiger partial charge < -0.3 is 15.3 Å². The van der Waals surface area contributed by atoms with Crippen LogP contribution in [0.15, 0.2) is 0 Å². The Morgan fingerprint density at radius 1 is 1.45 bits per heavy atom. The molecule has 2 unspecified atom stereocenters. The molecule has 11 heavy (non-hydrogen) atoms. The molecule has 0 radical (unpaired) electrons. The normalized spacial score (nSPS) is 33.5. The molecule has 1 rings (SSSR count). The van der Waals surface area contributed by atoms with Gasteiger partial charge in [-0.2, -0.15) is 0 Å². The van der Waals surface area contributed by atoms with Crippen molar-refractivity contribution in [2.75, 3.05) is 20.1 Å². The molecular formula is C8H18N2O. The van der Waals surface area contributed by atoms with Gasteiger partial charge in [-0.25, -0.2) is 0 Å². The van der Waals surface area contributed by atoms with E-state index in [0.717, 1.165) is 13.1 Å². The predicted octanol–water partition coefficient (Wildman–Crippen LogP) is -0.341. The van der Waals surface area contributed by atoms with Gasteiger partial charge in [0.2, 0.25) is 0 Å². The summed E-state index contributed by atoms with van der Waals surface area (Å²) in [4.78, 5) is 2.14. The molecule has 3 nitrogen and oxygen atoms in total. The Bertz CT molecular complexity index is 127. The fourth-order valence-electron chi connectivity index (χ4n) is 1.57. The first kappa shape index (κ1) is 8.97. The highest BCUT2D eigenvalue weighted by molar-refractivity contribution is 4.88. The molecule has 2 N–H and O–H groups in total. The average molecular weight is 158 g/mol. The molecule has 1 heterocycles. The molecule has 0 amide bonds. The second-order valence-corrected chi connectivity index (χ2v) is 3.72. The maximum Gasteiger partial charge on any atom is 0.0832 e. The fourth-order valence-corrected chi connectivity index (χ4v) is 1.57. The van der Waals surface area contributed by atoms with Crippen LogP contribution in [0.1, 0.15) is 13.8 Å². The second kappa shape index (κ2) is 3.52. The highest BCUT2D eigenvalue weighted by atomic mass is 16.3. The topological polar surface area (TPSA) is 35.5 Å². The highest BCUT2D eigenvalue weighted by Gasteiger charge is 2.28. The Morgan fingerprint density at radius 3 is 2.45 bits per heavy atom. The number of hydrogen-bond donors (Lipinski definition) is 2. The number of nitrogens with zero attached hydrogens (tertiary/aromatic N) is 1. The first-order valence-electron chi connectivity index (χ1n) is 4.22. The van der Waals surface area contributed by atoms with Crippen molar-refractivity contribution in [3.05, 3.63) is 0 Å². The lowest BCUT2D eigenvalue weighted by Crippen LogP contribution is -2.42. The summed E-state index contributed by atoms with van der Waals surface area (Å²) < 4.78 is 0. The molecule has 1 saturated heterocycles. The van der Waals surface area contributed by atoms with Crippen LogP contribution < -0.4 is 5.32 Å². The number of rotatable bonds is 2. The van der Waals surface area contributed by atoms with Crippen molar-refractivity contribution in [1.29, 1.82) is 0 Å². The fraction of sp³-hybridized carbons (Fsp3) is 1.00. The van der Waals surface area contributed by atoms with Crippen molar-refractivity contribution < 1.29 is 5.11 Å². The zero-order valence-electron chi connectivity index (χ0n) is 7.54. The minimum absolute atomic E-state index is 0.192. The summed E-state index contributed by atoms with van der Waals surface area (Å²) in [7, 11) is 2.03. The van der Waals surface area contributed by atoms with E-state index in [1.165, 1.54) is 0 Å². The highest BCUT2D eigenvalue weighted by Crippen LogP contribution is 2.07. The first-order chi connectivity index (χ1) is 5.09. The van der Waals surface area contributed by atoms with E-state index in [2.05, 4.69) is 24.1 Å². The third-order valence-corrected chi connectivity index (χ3v) is 2.02. The summed E-state index contributed by atoms with van der Waals surface area (Å²) in [5, 5.41) is 12.8. The average Bonchev–Trinajstić information content (AvgIpc) is 2.09. The van der Waals surface area contributed by atoms with Gasteiger partial charge >= 0.3 is 0 Å². The molecule has 66 valence electrons. The van der Waals surface area contributed by atoms with Gasteiger partial charge in [-0.15, -0.1) is 0 Å². The Kier molecular flexibility index (Phi) is 2.87. The SMILES string of the molecule is CC(C)NC1CN(C)CC1O. The van der Waals surface area contributed by atoms with E-state index in [4.69, 9.17) is 0 Å². The Morgan fingerprint density at radius 2 is 2.09 bits per heavy atom. The molecule has 0 spiro atoms. The largest absolute Gasteiger partial charge is 0.390 e. The van der Waals surface area contributed by atoms with Crippen LogP contribution in [0.3, 0.4) is 0 Å². The Labute approximate surface area is 68.4 Å². The third-order valence-electron chi connectivity index (χ3n) is 2.02. The number of likely N-dealkylation sites (tertiary alicyclic amines) is 1. The van der Waals surface area contributed by atoms with Crippen molar-refractivity contribution in [2.24, 2.45) is 0 Å². The molecule has 0 bridgehead atoms. The monoisotopic (exact) mass is 158 g/mol. The van der Waals surface area contributed by atoms with E-state index in [1.54, 1.807) is 0 Å². The van der Waals surface area contributed by atoms with E-state index < -0.39 is 0 Å². The van der Waals surface area contributed by atoms with Gasteiger partial charge in [0.15, 0.2) is 0 Å². The number of hydrogen-bond acceptors (Lipinski definition) is 3. The summed E-state index contributed by atoms with van der Waals surface area (Å²) in [6.45, 7) is 5.96. The van der Waals surface area contributed by atoms with E-state index in [-0.39, 0.29) is 12.1 Å². The Hall–Kier alpha value is -0.120. The van der Waals surface area contributed by atoms with Crippen molar-refractivity contribution in [3.63, 3.8) is 0 Å². The molecule has 1 aliphatic rings. The molecule has 0 aromatic carbocycles. The van der Waals surface area contributed by atoms with Crippen molar-refractivity contribution in [2.45, 2.75) is 32.0 Å². The summed E-state index contributed by atoms with van der Waals surface area (Å²) in [5.41, 5.74) is 0. The first-order valence-corrected chi connectivity index (χ1v) is 4.22. The van der Waals surface area contributed by atoms with Gasteiger partial charge in [-0.3, -0.25) is 0 Å². The molecule has 2 atom stereocenters. The maximum atomic E-state index is 9.50. The smallest absolute Gasteiger partial charge is 0.0832 e. The number of nitrogens with one attached hydrogen (secondary N) is 1. The van der Waals surface area contributed by atoms with Gasteiger partial charge in [0, 0.05) is 25.2 Å². The number of β-amino-alcohol motifs (C(OH)–C–C–N with tert-alkyl or cyclic N) is 1. The lowest BCUT2D eigenvalue weighted by molar-refractivity contribution is 0.153. The van der Waals surface area contributed by atoms with E-state index in [1.807, 2.05) is 7.05 Å². The summed E-state index contributed by atoms with van der Waals surface area (Å²) in [6.07, 6.45) is -0.192. The van der Waals surface area contributed by atoms with Gasteiger partial charge in [-0.1, -0.05) is 13.8 Å². The third kappa shape index (κ3) is 2.43. The van der Waals surface area contributed by atoms with Gasteiger partial charge in [0.1, 0.15) is 0 Å². The zero-order chi connectivity index (χ0) is 8.43. The minimum Gasteiger partial charge on any atom is -0.390 e. The quantitative estimate of drug-likeness (QED) is 0.577. The molecule has 3 heteroatoms. The molecule has 0 aromatic heterocycles. The van der Waals surface area contributed by atoms with Gasteiger partial charge in [0.25, 0.3) is 0 Å².